The molecule has 0 saturated carbocycles. The standard InChI is InChI=1S/C23H19F3N8O/c1-3-20(35)30-16-8-17(10-27-9-16)31-21-19(14-4-6-15(7-5-14)23(24,25)26)12-28-22(33-21)32-18-11-29-34(2)13-18/h3-13H,1H2,2H3,(H,30,35)(H2,28,31,32,33). The zero-order valence-corrected chi connectivity index (χ0v) is 18.3. The molecule has 0 atom stereocenters. The first-order chi connectivity index (χ1) is 16.7. The zero-order valence-electron chi connectivity index (χ0n) is 18.3. The fourth-order valence-corrected chi connectivity index (χ4v) is 3.11. The minimum atomic E-state index is -4.45. The van der Waals surface area contributed by atoms with Crippen LogP contribution in [0.1, 0.15) is 5.56 Å². The number of nitrogens with zero attached hydrogens (tertiary/aromatic N) is 5. The number of benzene rings is 1. The highest BCUT2D eigenvalue weighted by Gasteiger charge is 2.30. The van der Waals surface area contributed by atoms with Gasteiger partial charge >= 0.3 is 6.18 Å². The number of hydrogen-bond donors (Lipinski definition) is 3. The van der Waals surface area contributed by atoms with Gasteiger partial charge in [0.2, 0.25) is 11.9 Å². The number of amides is 1. The van der Waals surface area contributed by atoms with Crippen molar-refractivity contribution < 1.29 is 18.0 Å². The molecular weight excluding hydrogens is 461 g/mol. The minimum Gasteiger partial charge on any atom is -0.338 e. The number of carbonyl (C=O) groups is 1. The maximum Gasteiger partial charge on any atom is 0.416 e. The highest BCUT2D eigenvalue weighted by atomic mass is 19.4. The third kappa shape index (κ3) is 5.79. The van der Waals surface area contributed by atoms with Crippen LogP contribution in [0.4, 0.5) is 42.0 Å². The van der Waals surface area contributed by atoms with Gasteiger partial charge in [0.25, 0.3) is 0 Å². The fourth-order valence-electron chi connectivity index (χ4n) is 3.11. The second kappa shape index (κ2) is 9.63. The number of rotatable bonds is 7. The van der Waals surface area contributed by atoms with Crippen LogP contribution in [0.5, 0.6) is 0 Å². The van der Waals surface area contributed by atoms with E-state index in [1.165, 1.54) is 30.7 Å². The Kier molecular flexibility index (Phi) is 6.44. The van der Waals surface area contributed by atoms with E-state index in [4.69, 9.17) is 0 Å². The van der Waals surface area contributed by atoms with E-state index >= 15 is 0 Å². The maximum atomic E-state index is 13.0. The molecule has 35 heavy (non-hydrogen) atoms. The van der Waals surface area contributed by atoms with E-state index in [1.54, 1.807) is 30.2 Å². The average Bonchev–Trinajstić information content (AvgIpc) is 3.23. The summed E-state index contributed by atoms with van der Waals surface area (Å²) in [5, 5.41) is 12.8. The highest BCUT2D eigenvalue weighted by molar-refractivity contribution is 5.99. The number of anilines is 5. The molecule has 4 rings (SSSR count). The first-order valence-corrected chi connectivity index (χ1v) is 10.2. The summed E-state index contributed by atoms with van der Waals surface area (Å²) in [7, 11) is 1.76. The smallest absolute Gasteiger partial charge is 0.338 e. The van der Waals surface area contributed by atoms with E-state index in [1.807, 2.05) is 0 Å². The van der Waals surface area contributed by atoms with Crippen LogP contribution in [0.2, 0.25) is 0 Å². The lowest BCUT2D eigenvalue weighted by molar-refractivity contribution is -0.137. The van der Waals surface area contributed by atoms with Gasteiger partial charge in [0.15, 0.2) is 0 Å². The van der Waals surface area contributed by atoms with Crippen LogP contribution in [0.3, 0.4) is 0 Å². The van der Waals surface area contributed by atoms with Gasteiger partial charge in [-0.3, -0.25) is 14.5 Å². The van der Waals surface area contributed by atoms with Gasteiger partial charge in [-0.2, -0.15) is 23.3 Å². The van der Waals surface area contributed by atoms with Crippen molar-refractivity contribution in [1.29, 1.82) is 0 Å². The van der Waals surface area contributed by atoms with E-state index < -0.39 is 17.6 Å². The van der Waals surface area contributed by atoms with Crippen LogP contribution >= 0.6 is 0 Å². The van der Waals surface area contributed by atoms with E-state index in [-0.39, 0.29) is 5.95 Å². The van der Waals surface area contributed by atoms with Gasteiger partial charge in [-0.1, -0.05) is 18.7 Å². The van der Waals surface area contributed by atoms with Crippen LogP contribution < -0.4 is 16.0 Å². The summed E-state index contributed by atoms with van der Waals surface area (Å²) < 4.78 is 40.6. The lowest BCUT2D eigenvalue weighted by atomic mass is 10.1. The Morgan fingerprint density at radius 2 is 1.77 bits per heavy atom. The number of alkyl halides is 3. The first kappa shape index (κ1) is 23.4. The maximum absolute atomic E-state index is 13.0. The highest BCUT2D eigenvalue weighted by Crippen LogP contribution is 2.34. The first-order valence-electron chi connectivity index (χ1n) is 10.2. The largest absolute Gasteiger partial charge is 0.416 e. The number of nitrogens with one attached hydrogen (secondary N) is 3. The number of carbonyl (C=O) groups excluding carboxylic acids is 1. The van der Waals surface area contributed by atoms with E-state index in [2.05, 4.69) is 42.6 Å². The molecule has 12 heteroatoms. The molecule has 0 bridgehead atoms. The third-order valence-electron chi connectivity index (χ3n) is 4.73. The fraction of sp³-hybridized carbons (Fsp3) is 0.0870. The van der Waals surface area contributed by atoms with Crippen molar-refractivity contribution in [2.24, 2.45) is 7.05 Å². The molecule has 0 spiro atoms. The predicted octanol–water partition coefficient (Wildman–Crippen LogP) is 4.90. The summed E-state index contributed by atoms with van der Waals surface area (Å²) in [6, 6.07) is 6.31. The van der Waals surface area contributed by atoms with Crippen molar-refractivity contribution in [3.05, 3.63) is 79.5 Å². The molecule has 9 nitrogen and oxygen atoms in total. The second-order valence-corrected chi connectivity index (χ2v) is 7.34. The summed E-state index contributed by atoms with van der Waals surface area (Å²) in [4.78, 5) is 24.5. The lowest BCUT2D eigenvalue weighted by Gasteiger charge is -2.14. The molecule has 3 N–H and O–H groups in total. The van der Waals surface area contributed by atoms with Gasteiger partial charge in [0.1, 0.15) is 5.82 Å². The zero-order chi connectivity index (χ0) is 25.0. The predicted molar refractivity (Wildman–Crippen MR) is 125 cm³/mol. The molecule has 0 aliphatic heterocycles. The number of aromatic nitrogens is 5. The third-order valence-corrected chi connectivity index (χ3v) is 4.73. The quantitative estimate of drug-likeness (QED) is 0.323. The van der Waals surface area contributed by atoms with Gasteiger partial charge in [-0.25, -0.2) is 4.98 Å². The molecule has 178 valence electrons. The molecule has 3 heterocycles. The molecule has 0 aliphatic rings. The Balaban J connectivity index is 1.70. The van der Waals surface area contributed by atoms with Crippen LogP contribution in [-0.2, 0) is 18.0 Å². The van der Waals surface area contributed by atoms with Gasteiger partial charge in [0, 0.05) is 25.0 Å². The Morgan fingerprint density at radius 1 is 1.03 bits per heavy atom. The van der Waals surface area contributed by atoms with Crippen LogP contribution in [-0.4, -0.2) is 30.6 Å². The number of hydrogen-bond acceptors (Lipinski definition) is 7. The molecule has 1 amide bonds. The van der Waals surface area contributed by atoms with E-state index in [9.17, 15) is 18.0 Å². The molecule has 0 unspecified atom stereocenters. The van der Waals surface area contributed by atoms with E-state index in [0.29, 0.717) is 34.0 Å². The topological polar surface area (TPSA) is 110 Å². The Labute approximate surface area is 197 Å². The van der Waals surface area contributed by atoms with Crippen molar-refractivity contribution in [3.8, 4) is 11.1 Å². The van der Waals surface area contributed by atoms with Crippen molar-refractivity contribution in [1.82, 2.24) is 24.7 Å². The van der Waals surface area contributed by atoms with Crippen LogP contribution in [0.15, 0.2) is 74.0 Å². The molecule has 0 saturated heterocycles. The van der Waals surface area contributed by atoms with E-state index in [0.717, 1.165) is 18.2 Å². The summed E-state index contributed by atoms with van der Waals surface area (Å²) in [5.41, 5.74) is 1.70. The van der Waals surface area contributed by atoms with Crippen molar-refractivity contribution in [2.75, 3.05) is 16.0 Å². The monoisotopic (exact) mass is 480 g/mol. The average molecular weight is 480 g/mol. The molecule has 0 radical (unpaired) electrons. The molecular formula is C23H19F3N8O. The van der Waals surface area contributed by atoms with Gasteiger partial charge in [-0.05, 0) is 29.8 Å². The Hall–Kier alpha value is -4.74. The Bertz CT molecular complexity index is 1370. The molecule has 1 aromatic carbocycles. The lowest BCUT2D eigenvalue weighted by Crippen LogP contribution is -2.08. The van der Waals surface area contributed by atoms with Gasteiger partial charge < -0.3 is 16.0 Å². The summed E-state index contributed by atoms with van der Waals surface area (Å²) in [6.07, 6.45) is 4.47. The minimum absolute atomic E-state index is 0.236. The summed E-state index contributed by atoms with van der Waals surface area (Å²) in [5.74, 6) is 0.139. The second-order valence-electron chi connectivity index (χ2n) is 7.34. The number of pyridine rings is 1. The molecule has 0 aliphatic carbocycles. The number of halogens is 3. The van der Waals surface area contributed by atoms with Crippen LogP contribution in [0.25, 0.3) is 11.1 Å². The molecule has 4 aromatic rings. The van der Waals surface area contributed by atoms with Gasteiger partial charge in [-0.15, -0.1) is 0 Å². The van der Waals surface area contributed by atoms with Crippen molar-refractivity contribution in [3.63, 3.8) is 0 Å². The van der Waals surface area contributed by atoms with Crippen molar-refractivity contribution >= 4 is 34.7 Å². The number of aryl methyl sites for hydroxylation is 1. The summed E-state index contributed by atoms with van der Waals surface area (Å²) >= 11 is 0. The molecule has 0 fully saturated rings. The van der Waals surface area contributed by atoms with Crippen molar-refractivity contribution in [2.45, 2.75) is 6.18 Å². The SMILES string of the molecule is C=CC(=O)Nc1cncc(Nc2nc(Nc3cnn(C)c3)ncc2-c2ccc(C(F)(F)F)cc2)c1. The van der Waals surface area contributed by atoms with Gasteiger partial charge in [0.05, 0.1) is 41.2 Å². The summed E-state index contributed by atoms with van der Waals surface area (Å²) in [6.45, 7) is 3.41. The normalized spacial score (nSPS) is 11.1. The van der Waals surface area contributed by atoms with Crippen LogP contribution in [0, 0.1) is 0 Å². The Morgan fingerprint density at radius 3 is 2.43 bits per heavy atom. The molecule has 3 aromatic heterocycles.